The summed E-state index contributed by atoms with van der Waals surface area (Å²) in [5, 5.41) is 4.23. The van der Waals surface area contributed by atoms with Gasteiger partial charge in [-0.15, -0.1) is 0 Å². The van der Waals surface area contributed by atoms with Crippen molar-refractivity contribution in [2.75, 3.05) is 49.5 Å². The third-order valence-corrected chi connectivity index (χ3v) is 5.61. The molecule has 28 heavy (non-hydrogen) atoms. The molecule has 150 valence electrons. The molecule has 0 spiro atoms. The normalized spacial score (nSPS) is 15.1. The number of aromatic nitrogens is 1. The molecule has 1 aliphatic heterocycles. The Labute approximate surface area is 174 Å². The Morgan fingerprint density at radius 2 is 1.86 bits per heavy atom. The highest BCUT2D eigenvalue weighted by Gasteiger charge is 2.17. The molecular formula is C22H31N5S. The summed E-state index contributed by atoms with van der Waals surface area (Å²) >= 11 is 5.69. The van der Waals surface area contributed by atoms with E-state index in [1.54, 1.807) is 0 Å². The Morgan fingerprint density at radius 1 is 1.07 bits per heavy atom. The highest BCUT2D eigenvalue weighted by atomic mass is 32.1. The Bertz CT molecular complexity index is 730. The second kappa shape index (κ2) is 10.4. The van der Waals surface area contributed by atoms with E-state index in [-0.39, 0.29) is 0 Å². The number of nitrogens with zero attached hydrogens (tertiary/aromatic N) is 4. The summed E-state index contributed by atoms with van der Waals surface area (Å²) in [7, 11) is 0. The van der Waals surface area contributed by atoms with Gasteiger partial charge in [-0.2, -0.15) is 0 Å². The minimum Gasteiger partial charge on any atom is -0.372 e. The van der Waals surface area contributed by atoms with E-state index in [1.165, 1.54) is 11.3 Å². The lowest BCUT2D eigenvalue weighted by Gasteiger charge is -2.25. The Balaban J connectivity index is 1.52. The predicted molar refractivity (Wildman–Crippen MR) is 122 cm³/mol. The smallest absolute Gasteiger partial charge is 0.173 e. The zero-order valence-electron chi connectivity index (χ0n) is 17.0. The summed E-state index contributed by atoms with van der Waals surface area (Å²) < 4.78 is 0. The molecule has 3 rings (SSSR count). The maximum absolute atomic E-state index is 5.69. The molecule has 1 saturated heterocycles. The summed E-state index contributed by atoms with van der Waals surface area (Å²) in [4.78, 5) is 11.3. The molecular weight excluding hydrogens is 366 g/mol. The van der Waals surface area contributed by atoms with Crippen LogP contribution in [0.15, 0.2) is 48.8 Å². The number of pyridine rings is 1. The number of anilines is 2. The van der Waals surface area contributed by atoms with Crippen molar-refractivity contribution >= 4 is 28.7 Å². The van der Waals surface area contributed by atoms with E-state index in [4.69, 9.17) is 12.2 Å². The van der Waals surface area contributed by atoms with Crippen molar-refractivity contribution in [2.24, 2.45) is 0 Å². The van der Waals surface area contributed by atoms with Crippen LogP contribution in [-0.4, -0.2) is 59.2 Å². The number of hydrogen-bond donors (Lipinski definition) is 1. The van der Waals surface area contributed by atoms with Crippen LogP contribution in [0, 0.1) is 0 Å². The number of thiocarbonyl (C=S) groups is 1. The first-order valence-electron chi connectivity index (χ1n) is 10.2. The Morgan fingerprint density at radius 3 is 2.54 bits per heavy atom. The topological polar surface area (TPSA) is 34.6 Å². The van der Waals surface area contributed by atoms with E-state index < -0.39 is 0 Å². The van der Waals surface area contributed by atoms with Crippen molar-refractivity contribution in [3.05, 3.63) is 54.4 Å². The molecule has 0 bridgehead atoms. The molecule has 0 amide bonds. The number of nitrogens with one attached hydrogen (secondary N) is 1. The lowest BCUT2D eigenvalue weighted by Crippen LogP contribution is -2.37. The molecule has 5 nitrogen and oxygen atoms in total. The van der Waals surface area contributed by atoms with Crippen LogP contribution in [0.1, 0.15) is 25.8 Å². The van der Waals surface area contributed by atoms with Crippen molar-refractivity contribution in [1.29, 1.82) is 0 Å². The molecule has 0 radical (unpaired) electrons. The van der Waals surface area contributed by atoms with Crippen LogP contribution in [0.2, 0.25) is 0 Å². The summed E-state index contributed by atoms with van der Waals surface area (Å²) in [6.07, 6.45) is 4.89. The van der Waals surface area contributed by atoms with Crippen LogP contribution in [0.4, 0.5) is 11.4 Å². The van der Waals surface area contributed by atoms with Crippen LogP contribution < -0.4 is 10.2 Å². The van der Waals surface area contributed by atoms with Crippen molar-refractivity contribution in [3.63, 3.8) is 0 Å². The van der Waals surface area contributed by atoms with Gasteiger partial charge < -0.3 is 15.1 Å². The SMILES string of the molecule is CCN(CC)c1ccc(NC(=S)N2CCCN(Cc3cccnc3)CC2)cc1. The molecule has 6 heteroatoms. The molecule has 2 aromatic rings. The predicted octanol–water partition coefficient (Wildman–Crippen LogP) is 3.83. The highest BCUT2D eigenvalue weighted by Crippen LogP contribution is 2.18. The Kier molecular flexibility index (Phi) is 7.62. The average Bonchev–Trinajstić information content (AvgIpc) is 2.96. The van der Waals surface area contributed by atoms with E-state index in [2.05, 4.69) is 69.2 Å². The standard InChI is InChI=1S/C22H31N5S/c1-3-26(4-2)21-10-8-20(9-11-21)24-22(28)27-14-6-13-25(15-16-27)18-19-7-5-12-23-17-19/h5,7-12,17H,3-4,6,13-16,18H2,1-2H3,(H,24,28). The van der Waals surface area contributed by atoms with Gasteiger partial charge in [0, 0.05) is 69.6 Å². The monoisotopic (exact) mass is 397 g/mol. The van der Waals surface area contributed by atoms with Gasteiger partial charge in [-0.1, -0.05) is 6.07 Å². The van der Waals surface area contributed by atoms with Crippen molar-refractivity contribution in [3.8, 4) is 0 Å². The van der Waals surface area contributed by atoms with E-state index in [9.17, 15) is 0 Å². The molecule has 2 heterocycles. The summed E-state index contributed by atoms with van der Waals surface area (Å²) in [5.41, 5.74) is 3.57. The molecule has 0 unspecified atom stereocenters. The summed E-state index contributed by atoms with van der Waals surface area (Å²) in [6, 6.07) is 12.7. The maximum Gasteiger partial charge on any atom is 0.173 e. The molecule has 1 fully saturated rings. The third-order valence-electron chi connectivity index (χ3n) is 5.25. The molecule has 1 N–H and O–H groups in total. The van der Waals surface area contributed by atoms with Crippen molar-refractivity contribution in [1.82, 2.24) is 14.8 Å². The van der Waals surface area contributed by atoms with Gasteiger partial charge in [0.1, 0.15) is 0 Å². The minimum atomic E-state index is 0.818. The fraction of sp³-hybridized carbons (Fsp3) is 0.455. The maximum atomic E-state index is 5.69. The largest absolute Gasteiger partial charge is 0.372 e. The second-order valence-corrected chi connectivity index (χ2v) is 7.51. The fourth-order valence-electron chi connectivity index (χ4n) is 3.63. The van der Waals surface area contributed by atoms with Crippen LogP contribution in [0.5, 0.6) is 0 Å². The molecule has 1 aromatic heterocycles. The van der Waals surface area contributed by atoms with Gasteiger partial charge in [0.05, 0.1) is 0 Å². The van der Waals surface area contributed by atoms with E-state index >= 15 is 0 Å². The van der Waals surface area contributed by atoms with Crippen molar-refractivity contribution in [2.45, 2.75) is 26.8 Å². The molecule has 0 aliphatic carbocycles. The zero-order chi connectivity index (χ0) is 19.8. The Hall–Kier alpha value is -2.18. The van der Waals surface area contributed by atoms with Gasteiger partial charge in [0.15, 0.2) is 5.11 Å². The average molecular weight is 398 g/mol. The minimum absolute atomic E-state index is 0.818. The first-order valence-corrected chi connectivity index (χ1v) is 10.6. The number of hydrogen-bond acceptors (Lipinski definition) is 4. The van der Waals surface area contributed by atoms with Crippen LogP contribution >= 0.6 is 12.2 Å². The fourth-order valence-corrected chi connectivity index (χ4v) is 3.93. The van der Waals surface area contributed by atoms with E-state index in [0.29, 0.717) is 0 Å². The van der Waals surface area contributed by atoms with Gasteiger partial charge in [-0.25, -0.2) is 0 Å². The lowest BCUT2D eigenvalue weighted by atomic mass is 10.2. The molecule has 0 atom stereocenters. The first-order chi connectivity index (χ1) is 13.7. The van der Waals surface area contributed by atoms with Crippen LogP contribution in [0.3, 0.4) is 0 Å². The van der Waals surface area contributed by atoms with E-state index in [1.807, 2.05) is 18.5 Å². The summed E-state index contributed by atoms with van der Waals surface area (Å²) in [6.45, 7) is 11.4. The van der Waals surface area contributed by atoms with Gasteiger partial charge in [0.2, 0.25) is 0 Å². The summed E-state index contributed by atoms with van der Waals surface area (Å²) in [5.74, 6) is 0. The number of benzene rings is 1. The van der Waals surface area contributed by atoms with Gasteiger partial charge in [-0.05, 0) is 68.4 Å². The third kappa shape index (κ3) is 5.66. The molecule has 0 saturated carbocycles. The zero-order valence-corrected chi connectivity index (χ0v) is 17.8. The van der Waals surface area contributed by atoms with Crippen LogP contribution in [0.25, 0.3) is 0 Å². The van der Waals surface area contributed by atoms with Gasteiger partial charge >= 0.3 is 0 Å². The second-order valence-electron chi connectivity index (χ2n) is 7.13. The van der Waals surface area contributed by atoms with Gasteiger partial charge in [0.25, 0.3) is 0 Å². The number of rotatable bonds is 6. The molecule has 1 aliphatic rings. The quantitative estimate of drug-likeness (QED) is 0.746. The molecule has 1 aromatic carbocycles. The van der Waals surface area contributed by atoms with Crippen molar-refractivity contribution < 1.29 is 0 Å². The first kappa shape index (κ1) is 20.6. The van der Waals surface area contributed by atoms with Crippen LogP contribution in [-0.2, 0) is 6.54 Å². The highest BCUT2D eigenvalue weighted by molar-refractivity contribution is 7.80. The lowest BCUT2D eigenvalue weighted by molar-refractivity contribution is 0.278. The van der Waals surface area contributed by atoms with E-state index in [0.717, 1.165) is 63.0 Å². The van der Waals surface area contributed by atoms with Gasteiger partial charge in [-0.3, -0.25) is 9.88 Å².